The summed E-state index contributed by atoms with van der Waals surface area (Å²) in [6.45, 7) is 8.37. The Labute approximate surface area is 110 Å². The molecule has 1 aromatic carbocycles. The number of carboxylic acid groups (broad SMARTS) is 1. The van der Waals surface area contributed by atoms with Gasteiger partial charge in [0.25, 0.3) is 0 Å². The van der Waals surface area contributed by atoms with Gasteiger partial charge in [0.15, 0.2) is 0 Å². The van der Waals surface area contributed by atoms with Gasteiger partial charge in [-0.3, -0.25) is 0 Å². The molecule has 1 rings (SSSR count). The first-order valence-electron chi connectivity index (χ1n) is 5.38. The van der Waals surface area contributed by atoms with Gasteiger partial charge in [0.1, 0.15) is 0 Å². The van der Waals surface area contributed by atoms with E-state index in [1.807, 2.05) is 30.9 Å². The molecule has 1 N–H and O–H groups in total. The number of halogens is 1. The van der Waals surface area contributed by atoms with Crippen molar-refractivity contribution in [1.82, 2.24) is 0 Å². The normalized spacial score (nSPS) is 10.4. The number of rotatable bonds is 5. The van der Waals surface area contributed by atoms with Crippen LogP contribution in [0.1, 0.15) is 24.2 Å². The largest absolute Gasteiger partial charge is 0.478 e. The Morgan fingerprint density at radius 2 is 2.24 bits per heavy atom. The molecule has 0 aliphatic rings. The van der Waals surface area contributed by atoms with Crippen LogP contribution in [0.2, 0.25) is 0 Å². The van der Waals surface area contributed by atoms with E-state index in [4.69, 9.17) is 0 Å². The zero-order chi connectivity index (χ0) is 13.0. The van der Waals surface area contributed by atoms with Crippen LogP contribution in [0.5, 0.6) is 0 Å². The Morgan fingerprint density at radius 1 is 1.59 bits per heavy atom. The van der Waals surface area contributed by atoms with Crippen LogP contribution in [0, 0.1) is 0 Å². The molecule has 0 bridgehead atoms. The van der Waals surface area contributed by atoms with Crippen LogP contribution in [0.15, 0.2) is 35.3 Å². The van der Waals surface area contributed by atoms with Crippen LogP contribution in [-0.4, -0.2) is 23.7 Å². The lowest BCUT2D eigenvalue weighted by atomic mass is 10.1. The monoisotopic (exact) mass is 297 g/mol. The summed E-state index contributed by atoms with van der Waals surface area (Å²) in [4.78, 5) is 13.3. The van der Waals surface area contributed by atoms with Crippen LogP contribution < -0.4 is 4.90 Å². The minimum absolute atomic E-state index is 0.209. The lowest BCUT2D eigenvalue weighted by molar-refractivity contribution is 0.0696. The predicted octanol–water partition coefficient (Wildman–Crippen LogP) is 3.55. The molecule has 4 heteroatoms. The van der Waals surface area contributed by atoms with Crippen LogP contribution in [0.3, 0.4) is 0 Å². The summed E-state index contributed by atoms with van der Waals surface area (Å²) in [6, 6.07) is 5.60. The van der Waals surface area contributed by atoms with Crippen molar-refractivity contribution in [3.05, 3.63) is 40.9 Å². The Hall–Kier alpha value is -1.29. The van der Waals surface area contributed by atoms with E-state index in [1.54, 1.807) is 12.1 Å². The highest BCUT2D eigenvalue weighted by atomic mass is 79.9. The molecule has 0 saturated carbocycles. The number of anilines is 1. The molecule has 0 atom stereocenters. The van der Waals surface area contributed by atoms with Crippen molar-refractivity contribution >= 4 is 27.6 Å². The molecule has 92 valence electrons. The summed E-state index contributed by atoms with van der Waals surface area (Å²) in [5.41, 5.74) is 1.00. The van der Waals surface area contributed by atoms with Crippen LogP contribution in [0.25, 0.3) is 0 Å². The molecule has 0 aliphatic carbocycles. The maximum atomic E-state index is 11.3. The van der Waals surface area contributed by atoms with E-state index in [1.165, 1.54) is 0 Å². The molecule has 0 radical (unpaired) electrons. The van der Waals surface area contributed by atoms with Crippen LogP contribution >= 0.6 is 15.9 Å². The van der Waals surface area contributed by atoms with E-state index in [-0.39, 0.29) is 6.04 Å². The summed E-state index contributed by atoms with van der Waals surface area (Å²) in [6.07, 6.45) is 1.77. The number of hydrogen-bond acceptors (Lipinski definition) is 2. The maximum absolute atomic E-state index is 11.3. The zero-order valence-corrected chi connectivity index (χ0v) is 11.6. The first kappa shape index (κ1) is 13.8. The van der Waals surface area contributed by atoms with Gasteiger partial charge in [-0.15, -0.1) is 6.58 Å². The summed E-state index contributed by atoms with van der Waals surface area (Å²) >= 11 is 3.28. The molecule has 0 unspecified atom stereocenters. The Bertz CT molecular complexity index is 429. The van der Waals surface area contributed by atoms with Crippen LogP contribution in [0.4, 0.5) is 5.69 Å². The molecule has 3 nitrogen and oxygen atoms in total. The van der Waals surface area contributed by atoms with Gasteiger partial charge in [0.05, 0.1) is 11.3 Å². The first-order valence-corrected chi connectivity index (χ1v) is 6.17. The van der Waals surface area contributed by atoms with Gasteiger partial charge in [-0.2, -0.15) is 0 Å². The maximum Gasteiger partial charge on any atom is 0.338 e. The van der Waals surface area contributed by atoms with Gasteiger partial charge in [-0.05, 0) is 41.9 Å². The standard InChI is InChI=1S/C13H16BrNO2/c1-4-8-15(9(2)3)11-7-5-6-10(14)12(11)13(16)17/h4-7,9H,1,8H2,2-3H3,(H,16,17). The van der Waals surface area contributed by atoms with E-state index in [0.717, 1.165) is 0 Å². The van der Waals surface area contributed by atoms with Crippen molar-refractivity contribution in [1.29, 1.82) is 0 Å². The SMILES string of the molecule is C=CCN(c1cccc(Br)c1C(=O)O)C(C)C. The van der Waals surface area contributed by atoms with Gasteiger partial charge in [0, 0.05) is 17.1 Å². The number of nitrogens with zero attached hydrogens (tertiary/aromatic N) is 1. The lowest BCUT2D eigenvalue weighted by Crippen LogP contribution is -2.32. The smallest absolute Gasteiger partial charge is 0.338 e. The van der Waals surface area contributed by atoms with Gasteiger partial charge >= 0.3 is 5.97 Å². The van der Waals surface area contributed by atoms with E-state index in [9.17, 15) is 9.90 Å². The average Bonchev–Trinajstić information content (AvgIpc) is 2.24. The quantitative estimate of drug-likeness (QED) is 0.845. The molecule has 0 saturated heterocycles. The molecule has 1 aromatic rings. The Balaban J connectivity index is 3.32. The molecule has 0 fully saturated rings. The first-order chi connectivity index (χ1) is 7.99. The topological polar surface area (TPSA) is 40.5 Å². The van der Waals surface area contributed by atoms with Crippen molar-refractivity contribution in [2.24, 2.45) is 0 Å². The highest BCUT2D eigenvalue weighted by Crippen LogP contribution is 2.29. The van der Waals surface area contributed by atoms with E-state index in [0.29, 0.717) is 22.3 Å². The second-order valence-corrected chi connectivity index (χ2v) is 4.83. The van der Waals surface area contributed by atoms with Crippen LogP contribution in [-0.2, 0) is 0 Å². The summed E-state index contributed by atoms with van der Waals surface area (Å²) in [5, 5.41) is 9.26. The number of benzene rings is 1. The van der Waals surface area contributed by atoms with Crippen molar-refractivity contribution in [2.45, 2.75) is 19.9 Å². The molecule has 0 amide bonds. The molecular formula is C13H16BrNO2. The average molecular weight is 298 g/mol. The Morgan fingerprint density at radius 3 is 2.71 bits per heavy atom. The second kappa shape index (κ2) is 5.87. The van der Waals surface area contributed by atoms with E-state index < -0.39 is 5.97 Å². The highest BCUT2D eigenvalue weighted by molar-refractivity contribution is 9.10. The third-order valence-electron chi connectivity index (χ3n) is 2.46. The van der Waals surface area contributed by atoms with Crippen molar-refractivity contribution < 1.29 is 9.90 Å². The zero-order valence-electron chi connectivity index (χ0n) is 9.98. The predicted molar refractivity (Wildman–Crippen MR) is 73.8 cm³/mol. The number of carboxylic acids is 1. The third kappa shape index (κ3) is 3.09. The number of hydrogen-bond donors (Lipinski definition) is 1. The number of aromatic carboxylic acids is 1. The summed E-state index contributed by atoms with van der Waals surface area (Å²) in [7, 11) is 0. The summed E-state index contributed by atoms with van der Waals surface area (Å²) < 4.78 is 0.595. The molecule has 0 aliphatic heterocycles. The van der Waals surface area contributed by atoms with E-state index >= 15 is 0 Å². The fourth-order valence-corrected chi connectivity index (χ4v) is 2.22. The Kier molecular flexibility index (Phi) is 4.75. The fourth-order valence-electron chi connectivity index (χ4n) is 1.69. The molecule has 0 aromatic heterocycles. The van der Waals surface area contributed by atoms with Gasteiger partial charge in [-0.1, -0.05) is 12.1 Å². The van der Waals surface area contributed by atoms with Crippen molar-refractivity contribution in [3.63, 3.8) is 0 Å². The minimum Gasteiger partial charge on any atom is -0.478 e. The minimum atomic E-state index is -0.929. The van der Waals surface area contributed by atoms with Gasteiger partial charge < -0.3 is 10.0 Å². The lowest BCUT2D eigenvalue weighted by Gasteiger charge is -2.29. The third-order valence-corrected chi connectivity index (χ3v) is 3.12. The van der Waals surface area contributed by atoms with Gasteiger partial charge in [-0.25, -0.2) is 4.79 Å². The number of carbonyl (C=O) groups is 1. The second-order valence-electron chi connectivity index (χ2n) is 3.97. The summed E-state index contributed by atoms with van der Waals surface area (Å²) in [5.74, 6) is -0.929. The molecule has 0 heterocycles. The van der Waals surface area contributed by atoms with Gasteiger partial charge in [0.2, 0.25) is 0 Å². The molecular weight excluding hydrogens is 282 g/mol. The molecule has 17 heavy (non-hydrogen) atoms. The highest BCUT2D eigenvalue weighted by Gasteiger charge is 2.19. The van der Waals surface area contributed by atoms with E-state index in [2.05, 4.69) is 22.5 Å². The molecule has 0 spiro atoms. The van der Waals surface area contributed by atoms with Crippen molar-refractivity contribution in [2.75, 3.05) is 11.4 Å². The van der Waals surface area contributed by atoms with Crippen molar-refractivity contribution in [3.8, 4) is 0 Å². The fraction of sp³-hybridized carbons (Fsp3) is 0.308.